The molecule has 0 radical (unpaired) electrons. The largest absolute Gasteiger partial charge is 0.326 e. The molecule has 1 aliphatic rings. The van der Waals surface area contributed by atoms with Crippen molar-refractivity contribution in [2.24, 2.45) is 0 Å². The third-order valence-electron chi connectivity index (χ3n) is 3.01. The van der Waals surface area contributed by atoms with Crippen LogP contribution in [0.5, 0.6) is 0 Å². The second kappa shape index (κ2) is 4.56. The van der Waals surface area contributed by atoms with Gasteiger partial charge in [-0.15, -0.1) is 0 Å². The first-order chi connectivity index (χ1) is 9.22. The predicted octanol–water partition coefficient (Wildman–Crippen LogP) is 1.55. The number of aromatic amines is 1. The lowest BCUT2D eigenvalue weighted by molar-refractivity contribution is -0.116. The Morgan fingerprint density at radius 1 is 1.26 bits per heavy atom. The molecule has 1 aromatic heterocycles. The fraction of sp³-hybridized carbons (Fsp3) is 0.154. The lowest BCUT2D eigenvalue weighted by atomic mass is 10.00. The summed E-state index contributed by atoms with van der Waals surface area (Å²) in [4.78, 5) is 23.3. The Morgan fingerprint density at radius 3 is 2.95 bits per heavy atom. The summed E-state index contributed by atoms with van der Waals surface area (Å²) >= 11 is 0. The number of aromatic nitrogens is 2. The highest BCUT2D eigenvalue weighted by Gasteiger charge is 2.16. The molecule has 0 fully saturated rings. The highest BCUT2D eigenvalue weighted by molar-refractivity contribution is 6.04. The molecule has 0 unspecified atom stereocenters. The van der Waals surface area contributed by atoms with Crippen molar-refractivity contribution in [1.29, 1.82) is 0 Å². The SMILES string of the molecule is O=C1CCc2cc(C(=O)Nc3ccn[nH]3)ccc2N1. The molecule has 0 saturated heterocycles. The van der Waals surface area contributed by atoms with Gasteiger partial charge in [-0.25, -0.2) is 0 Å². The predicted molar refractivity (Wildman–Crippen MR) is 69.9 cm³/mol. The molecule has 0 spiro atoms. The molecule has 1 aromatic carbocycles. The van der Waals surface area contributed by atoms with Crippen molar-refractivity contribution in [3.63, 3.8) is 0 Å². The number of carbonyl (C=O) groups is 2. The summed E-state index contributed by atoms with van der Waals surface area (Å²) in [5, 5.41) is 11.9. The van der Waals surface area contributed by atoms with Gasteiger partial charge in [-0.3, -0.25) is 14.7 Å². The van der Waals surface area contributed by atoms with E-state index in [1.165, 1.54) is 0 Å². The van der Waals surface area contributed by atoms with Gasteiger partial charge in [0.15, 0.2) is 0 Å². The Labute approximate surface area is 109 Å². The number of aryl methyl sites for hydroxylation is 1. The standard InChI is InChI=1S/C13H12N4O2/c18-12-4-2-8-7-9(1-3-10(8)15-12)13(19)16-11-5-6-14-17-11/h1,3,5-7H,2,4H2,(H,15,18)(H2,14,16,17,19). The molecule has 2 aromatic rings. The van der Waals surface area contributed by atoms with Gasteiger partial charge in [-0.2, -0.15) is 5.10 Å². The van der Waals surface area contributed by atoms with Crippen LogP contribution in [-0.2, 0) is 11.2 Å². The lowest BCUT2D eigenvalue weighted by Crippen LogP contribution is -2.20. The van der Waals surface area contributed by atoms with Crippen LogP contribution in [0.3, 0.4) is 0 Å². The van der Waals surface area contributed by atoms with Gasteiger partial charge in [0.05, 0.1) is 6.20 Å². The monoisotopic (exact) mass is 256 g/mol. The van der Waals surface area contributed by atoms with E-state index < -0.39 is 0 Å². The molecular weight excluding hydrogens is 244 g/mol. The number of fused-ring (bicyclic) bond motifs is 1. The maximum absolute atomic E-state index is 12.0. The molecule has 19 heavy (non-hydrogen) atoms. The van der Waals surface area contributed by atoms with Gasteiger partial charge in [-0.05, 0) is 30.2 Å². The normalized spacial score (nSPS) is 13.6. The second-order valence-corrected chi connectivity index (χ2v) is 4.34. The van der Waals surface area contributed by atoms with Crippen molar-refractivity contribution in [3.05, 3.63) is 41.6 Å². The van der Waals surface area contributed by atoms with Crippen molar-refractivity contribution in [1.82, 2.24) is 10.2 Å². The zero-order valence-corrected chi connectivity index (χ0v) is 10.1. The van der Waals surface area contributed by atoms with E-state index in [1.807, 2.05) is 0 Å². The average molecular weight is 256 g/mol. The van der Waals surface area contributed by atoms with Crippen molar-refractivity contribution in [3.8, 4) is 0 Å². The van der Waals surface area contributed by atoms with Gasteiger partial charge < -0.3 is 10.6 Å². The number of hydrogen-bond donors (Lipinski definition) is 3. The number of hydrogen-bond acceptors (Lipinski definition) is 3. The quantitative estimate of drug-likeness (QED) is 0.761. The molecule has 6 heteroatoms. The molecule has 3 rings (SSSR count). The van der Waals surface area contributed by atoms with Crippen LogP contribution in [0.1, 0.15) is 22.3 Å². The number of amides is 2. The number of carbonyl (C=O) groups excluding carboxylic acids is 2. The van der Waals surface area contributed by atoms with E-state index in [4.69, 9.17) is 0 Å². The third kappa shape index (κ3) is 2.33. The molecule has 0 aliphatic carbocycles. The molecule has 1 aliphatic heterocycles. The van der Waals surface area contributed by atoms with Crippen molar-refractivity contribution in [2.45, 2.75) is 12.8 Å². The Kier molecular flexibility index (Phi) is 2.75. The maximum Gasteiger partial charge on any atom is 0.256 e. The van der Waals surface area contributed by atoms with Crippen LogP contribution in [-0.4, -0.2) is 22.0 Å². The summed E-state index contributed by atoms with van der Waals surface area (Å²) in [5.74, 6) is 0.363. The topological polar surface area (TPSA) is 86.9 Å². The second-order valence-electron chi connectivity index (χ2n) is 4.34. The van der Waals surface area contributed by atoms with E-state index in [1.54, 1.807) is 30.5 Å². The van der Waals surface area contributed by atoms with Gasteiger partial charge in [0.25, 0.3) is 5.91 Å². The van der Waals surface area contributed by atoms with Crippen molar-refractivity contribution >= 4 is 23.3 Å². The fourth-order valence-electron chi connectivity index (χ4n) is 2.04. The van der Waals surface area contributed by atoms with E-state index in [9.17, 15) is 9.59 Å². The molecular formula is C13H12N4O2. The van der Waals surface area contributed by atoms with E-state index in [0.29, 0.717) is 24.2 Å². The molecule has 96 valence electrons. The van der Waals surface area contributed by atoms with E-state index in [0.717, 1.165) is 11.3 Å². The summed E-state index contributed by atoms with van der Waals surface area (Å²) in [6.45, 7) is 0. The molecule has 6 nitrogen and oxygen atoms in total. The number of rotatable bonds is 2. The van der Waals surface area contributed by atoms with Crippen LogP contribution in [0, 0.1) is 0 Å². The summed E-state index contributed by atoms with van der Waals surface area (Å²) in [6, 6.07) is 6.93. The zero-order valence-electron chi connectivity index (χ0n) is 10.1. The maximum atomic E-state index is 12.0. The molecule has 2 heterocycles. The summed E-state index contributed by atoms with van der Waals surface area (Å²) in [5.41, 5.74) is 2.33. The van der Waals surface area contributed by atoms with E-state index in [2.05, 4.69) is 20.8 Å². The number of nitrogens with zero attached hydrogens (tertiary/aromatic N) is 1. The van der Waals surface area contributed by atoms with Crippen LogP contribution < -0.4 is 10.6 Å². The highest BCUT2D eigenvalue weighted by atomic mass is 16.2. The lowest BCUT2D eigenvalue weighted by Gasteiger charge is -2.17. The minimum absolute atomic E-state index is 0.0159. The smallest absolute Gasteiger partial charge is 0.256 e. The number of H-pyrrole nitrogens is 1. The minimum atomic E-state index is -0.205. The number of anilines is 2. The van der Waals surface area contributed by atoms with Gasteiger partial charge in [0.2, 0.25) is 5.91 Å². The molecule has 0 atom stereocenters. The Bertz CT molecular complexity index is 634. The third-order valence-corrected chi connectivity index (χ3v) is 3.01. The molecule has 0 bridgehead atoms. The fourth-order valence-corrected chi connectivity index (χ4v) is 2.04. The number of nitrogens with one attached hydrogen (secondary N) is 3. The van der Waals surface area contributed by atoms with Gasteiger partial charge in [-0.1, -0.05) is 0 Å². The first kappa shape index (κ1) is 11.5. The van der Waals surface area contributed by atoms with Gasteiger partial charge in [0.1, 0.15) is 5.82 Å². The van der Waals surface area contributed by atoms with Crippen LogP contribution in [0.15, 0.2) is 30.5 Å². The molecule has 0 saturated carbocycles. The Hall–Kier alpha value is -2.63. The first-order valence-electron chi connectivity index (χ1n) is 5.96. The Balaban J connectivity index is 1.82. The summed E-state index contributed by atoms with van der Waals surface area (Å²) in [7, 11) is 0. The van der Waals surface area contributed by atoms with Crippen molar-refractivity contribution in [2.75, 3.05) is 10.6 Å². The number of benzene rings is 1. The summed E-state index contributed by atoms with van der Waals surface area (Å²) < 4.78 is 0. The zero-order chi connectivity index (χ0) is 13.2. The van der Waals surface area contributed by atoms with E-state index in [-0.39, 0.29) is 11.8 Å². The molecule has 3 N–H and O–H groups in total. The van der Waals surface area contributed by atoms with Crippen LogP contribution >= 0.6 is 0 Å². The van der Waals surface area contributed by atoms with Crippen LogP contribution in [0.25, 0.3) is 0 Å². The van der Waals surface area contributed by atoms with Crippen LogP contribution in [0.4, 0.5) is 11.5 Å². The minimum Gasteiger partial charge on any atom is -0.326 e. The Morgan fingerprint density at radius 2 is 2.16 bits per heavy atom. The average Bonchev–Trinajstić information content (AvgIpc) is 2.91. The van der Waals surface area contributed by atoms with Crippen LogP contribution in [0.2, 0.25) is 0 Å². The summed E-state index contributed by atoms with van der Waals surface area (Å²) in [6.07, 6.45) is 2.68. The van der Waals surface area contributed by atoms with Gasteiger partial charge in [0, 0.05) is 23.7 Å². The van der Waals surface area contributed by atoms with Gasteiger partial charge >= 0.3 is 0 Å². The first-order valence-corrected chi connectivity index (χ1v) is 5.96. The van der Waals surface area contributed by atoms with E-state index >= 15 is 0 Å². The van der Waals surface area contributed by atoms with Crippen molar-refractivity contribution < 1.29 is 9.59 Å². The highest BCUT2D eigenvalue weighted by Crippen LogP contribution is 2.23. The molecule has 2 amide bonds.